The molecule has 2 aromatic carbocycles. The van der Waals surface area contributed by atoms with Gasteiger partial charge < -0.3 is 10.5 Å². The number of nitrogens with one attached hydrogen (secondary N) is 2. The fraction of sp³-hybridized carbons (Fsp3) is 0.0667. The molecule has 0 radical (unpaired) electrons. The summed E-state index contributed by atoms with van der Waals surface area (Å²) in [5.41, 5.74) is 10.8. The molecule has 0 aliphatic carbocycles. The van der Waals surface area contributed by atoms with Crippen LogP contribution >= 0.6 is 0 Å². The van der Waals surface area contributed by atoms with Gasteiger partial charge in [-0.25, -0.2) is 5.84 Å². The summed E-state index contributed by atoms with van der Waals surface area (Å²) in [7, 11) is 0. The molecule has 22 heavy (non-hydrogen) atoms. The third kappa shape index (κ3) is 2.70. The first kappa shape index (κ1) is 13.9. The molecule has 0 aliphatic heterocycles. The maximum Gasteiger partial charge on any atom is 0.271 e. The van der Waals surface area contributed by atoms with Crippen molar-refractivity contribution in [2.24, 2.45) is 5.84 Å². The molecule has 7 heteroatoms. The zero-order valence-electron chi connectivity index (χ0n) is 11.7. The van der Waals surface area contributed by atoms with Crippen molar-refractivity contribution >= 4 is 22.6 Å². The lowest BCUT2D eigenvalue weighted by molar-refractivity contribution is -0.123. The second-order valence-corrected chi connectivity index (χ2v) is 4.75. The Labute approximate surface area is 126 Å². The normalized spacial score (nSPS) is 10.6. The van der Waals surface area contributed by atoms with Crippen molar-refractivity contribution < 1.29 is 9.53 Å². The van der Waals surface area contributed by atoms with Gasteiger partial charge in [-0.1, -0.05) is 18.2 Å². The van der Waals surface area contributed by atoms with Gasteiger partial charge in [-0.15, -0.1) is 0 Å². The summed E-state index contributed by atoms with van der Waals surface area (Å²) >= 11 is 0. The number of nitrogens with two attached hydrogens (primary N) is 2. The number of hydrogen-bond donors (Lipinski definition) is 4. The fourth-order valence-electron chi connectivity index (χ4n) is 2.15. The summed E-state index contributed by atoms with van der Waals surface area (Å²) < 4.78 is 5.30. The number of nitrogens with zero attached hydrogens (tertiary/aromatic N) is 1. The van der Waals surface area contributed by atoms with E-state index in [-0.39, 0.29) is 12.5 Å². The quantitative estimate of drug-likeness (QED) is 0.327. The zero-order chi connectivity index (χ0) is 15.5. The molecule has 0 unspecified atom stereocenters. The molecule has 0 aliphatic rings. The number of carbonyl (C=O) groups is 1. The minimum atomic E-state index is -0.384. The molecule has 1 heterocycles. The molecule has 0 saturated heterocycles. The maximum atomic E-state index is 11.0. The third-order valence-electron chi connectivity index (χ3n) is 3.31. The summed E-state index contributed by atoms with van der Waals surface area (Å²) in [6.45, 7) is -0.118. The highest BCUT2D eigenvalue weighted by atomic mass is 16.5. The molecule has 0 fully saturated rings. The van der Waals surface area contributed by atoms with Gasteiger partial charge in [0, 0.05) is 5.39 Å². The summed E-state index contributed by atoms with van der Waals surface area (Å²) in [5, 5.41) is 7.73. The van der Waals surface area contributed by atoms with Crippen LogP contribution in [0.25, 0.3) is 22.0 Å². The Balaban J connectivity index is 1.81. The number of aromatic nitrogens is 2. The number of hydrogen-bond acceptors (Lipinski definition) is 5. The van der Waals surface area contributed by atoms with E-state index in [0.717, 1.165) is 22.0 Å². The lowest BCUT2D eigenvalue weighted by Gasteiger charge is -2.07. The van der Waals surface area contributed by atoms with Crippen molar-refractivity contribution in [1.29, 1.82) is 0 Å². The number of aromatic amines is 1. The van der Waals surface area contributed by atoms with Crippen molar-refractivity contribution in [2.75, 3.05) is 12.3 Å². The molecule has 0 saturated carbocycles. The van der Waals surface area contributed by atoms with Gasteiger partial charge in [0.25, 0.3) is 5.91 Å². The van der Waals surface area contributed by atoms with E-state index in [1.54, 1.807) is 12.1 Å². The highest BCUT2D eigenvalue weighted by Crippen LogP contribution is 2.27. The third-order valence-corrected chi connectivity index (χ3v) is 3.31. The molecule has 3 aromatic rings. The van der Waals surface area contributed by atoms with Gasteiger partial charge in [0.2, 0.25) is 0 Å². The van der Waals surface area contributed by atoms with Crippen molar-refractivity contribution in [3.63, 3.8) is 0 Å². The summed E-state index contributed by atoms with van der Waals surface area (Å²) in [6.07, 6.45) is 0. The van der Waals surface area contributed by atoms with Crippen molar-refractivity contribution in [1.82, 2.24) is 15.6 Å². The molecule has 1 aromatic heterocycles. The lowest BCUT2D eigenvalue weighted by atomic mass is 10.0. The number of carbonyl (C=O) groups excluding carboxylic acids is 1. The zero-order valence-corrected chi connectivity index (χ0v) is 11.7. The van der Waals surface area contributed by atoms with Crippen LogP contribution in [0.2, 0.25) is 0 Å². The van der Waals surface area contributed by atoms with Crippen molar-refractivity contribution in [3.8, 4) is 16.9 Å². The number of anilines is 1. The van der Waals surface area contributed by atoms with Gasteiger partial charge >= 0.3 is 0 Å². The number of ether oxygens (including phenoxy) is 1. The number of benzene rings is 2. The van der Waals surface area contributed by atoms with E-state index in [9.17, 15) is 4.79 Å². The lowest BCUT2D eigenvalue weighted by Crippen LogP contribution is -2.34. The molecule has 0 atom stereocenters. The van der Waals surface area contributed by atoms with Crippen LogP contribution < -0.4 is 21.7 Å². The molecule has 7 nitrogen and oxygen atoms in total. The SMILES string of the molecule is NNC(=O)COc1ccc(-c2ccc3[nH]nc(N)c3c2)cc1. The molecular weight excluding hydrogens is 282 g/mol. The first-order chi connectivity index (χ1) is 10.7. The van der Waals surface area contributed by atoms with Crippen LogP contribution in [0, 0.1) is 0 Å². The second kappa shape index (κ2) is 5.74. The average Bonchev–Trinajstić information content (AvgIpc) is 2.94. The topological polar surface area (TPSA) is 119 Å². The summed E-state index contributed by atoms with van der Waals surface area (Å²) in [6, 6.07) is 13.3. The number of rotatable bonds is 4. The largest absolute Gasteiger partial charge is 0.484 e. The van der Waals surface area contributed by atoms with E-state index in [1.807, 2.05) is 35.8 Å². The maximum absolute atomic E-state index is 11.0. The van der Waals surface area contributed by atoms with E-state index >= 15 is 0 Å². The molecular formula is C15H15N5O2. The van der Waals surface area contributed by atoms with E-state index in [4.69, 9.17) is 16.3 Å². The number of nitrogen functional groups attached to an aromatic ring is 1. The highest BCUT2D eigenvalue weighted by Gasteiger charge is 2.05. The van der Waals surface area contributed by atoms with Gasteiger partial charge in [0.1, 0.15) is 5.75 Å². The minimum Gasteiger partial charge on any atom is -0.484 e. The van der Waals surface area contributed by atoms with Crippen LogP contribution in [0.1, 0.15) is 0 Å². The smallest absolute Gasteiger partial charge is 0.271 e. The van der Waals surface area contributed by atoms with Crippen molar-refractivity contribution in [3.05, 3.63) is 42.5 Å². The van der Waals surface area contributed by atoms with Gasteiger partial charge in [-0.3, -0.25) is 15.3 Å². The van der Waals surface area contributed by atoms with Crippen LogP contribution in [-0.4, -0.2) is 22.7 Å². The standard InChI is InChI=1S/C15H15N5O2/c16-15-12-7-10(3-6-13(12)19-20-15)9-1-4-11(5-2-9)22-8-14(21)18-17/h1-7H,8,17H2,(H,18,21)(H3,16,19,20). The van der Waals surface area contributed by atoms with Gasteiger partial charge in [0.05, 0.1) is 5.52 Å². The molecule has 0 bridgehead atoms. The first-order valence-corrected chi connectivity index (χ1v) is 6.63. The Morgan fingerprint density at radius 1 is 1.18 bits per heavy atom. The second-order valence-electron chi connectivity index (χ2n) is 4.75. The van der Waals surface area contributed by atoms with Gasteiger partial charge in [0.15, 0.2) is 12.4 Å². The van der Waals surface area contributed by atoms with Gasteiger partial charge in [-0.2, -0.15) is 5.10 Å². The minimum absolute atomic E-state index is 0.118. The van der Waals surface area contributed by atoms with Gasteiger partial charge in [-0.05, 0) is 35.4 Å². The molecule has 3 rings (SSSR count). The van der Waals surface area contributed by atoms with Crippen LogP contribution in [0.15, 0.2) is 42.5 Å². The van der Waals surface area contributed by atoms with Crippen LogP contribution in [0.3, 0.4) is 0 Å². The van der Waals surface area contributed by atoms with E-state index < -0.39 is 0 Å². The average molecular weight is 297 g/mol. The number of amides is 1. The Bertz CT molecular complexity index is 810. The Morgan fingerprint density at radius 3 is 2.64 bits per heavy atom. The highest BCUT2D eigenvalue weighted by molar-refractivity contribution is 5.92. The Morgan fingerprint density at radius 2 is 1.91 bits per heavy atom. The monoisotopic (exact) mass is 297 g/mol. The molecule has 112 valence electrons. The van der Waals surface area contributed by atoms with E-state index in [2.05, 4.69) is 10.2 Å². The predicted octanol–water partition coefficient (Wildman–Crippen LogP) is 1.18. The van der Waals surface area contributed by atoms with Crippen LogP contribution in [0.4, 0.5) is 5.82 Å². The Kier molecular flexibility index (Phi) is 3.63. The molecule has 6 N–H and O–H groups in total. The number of fused-ring (bicyclic) bond motifs is 1. The number of H-pyrrole nitrogens is 1. The van der Waals surface area contributed by atoms with Crippen LogP contribution in [0.5, 0.6) is 5.75 Å². The van der Waals surface area contributed by atoms with E-state index in [1.165, 1.54) is 0 Å². The fourth-order valence-corrected chi connectivity index (χ4v) is 2.15. The molecule has 1 amide bonds. The van der Waals surface area contributed by atoms with E-state index in [0.29, 0.717) is 11.6 Å². The van der Waals surface area contributed by atoms with Crippen LogP contribution in [-0.2, 0) is 4.79 Å². The summed E-state index contributed by atoms with van der Waals surface area (Å²) in [4.78, 5) is 11.0. The first-order valence-electron chi connectivity index (χ1n) is 6.63. The van der Waals surface area contributed by atoms with Crippen molar-refractivity contribution in [2.45, 2.75) is 0 Å². The molecule has 0 spiro atoms. The summed E-state index contributed by atoms with van der Waals surface area (Å²) in [5.74, 6) is 5.67. The Hall–Kier alpha value is -3.06. The predicted molar refractivity (Wildman–Crippen MR) is 83.8 cm³/mol. The number of hydrazine groups is 1.